The summed E-state index contributed by atoms with van der Waals surface area (Å²) < 4.78 is 2.16. The number of rotatable bonds is 0. The van der Waals surface area contributed by atoms with Crippen LogP contribution in [0.5, 0.6) is 0 Å². The van der Waals surface area contributed by atoms with Crippen molar-refractivity contribution in [2.24, 2.45) is 7.05 Å². The van der Waals surface area contributed by atoms with E-state index in [-0.39, 0.29) is 0 Å². The highest BCUT2D eigenvalue weighted by Gasteiger charge is 2.04. The Hall–Kier alpha value is -0.370. The zero-order chi connectivity index (χ0) is 6.15. The molecule has 1 aromatic rings. The van der Waals surface area contributed by atoms with E-state index in [4.69, 9.17) is 0 Å². The molecule has 0 saturated heterocycles. The number of nitrogens with zero attached hydrogens (tertiary/aromatic N) is 1. The van der Waals surface area contributed by atoms with Crippen LogP contribution in [0, 0.1) is 13.8 Å². The maximum atomic E-state index is 2.16. The van der Waals surface area contributed by atoms with Gasteiger partial charge in [0.2, 0.25) is 0 Å². The lowest BCUT2D eigenvalue weighted by Gasteiger charge is -1.78. The molecule has 44 valence electrons. The van der Waals surface area contributed by atoms with Crippen LogP contribution in [-0.4, -0.2) is 0 Å². The van der Waals surface area contributed by atoms with Crippen molar-refractivity contribution >= 4 is 11.5 Å². The first-order valence-electron chi connectivity index (χ1n) is 2.63. The van der Waals surface area contributed by atoms with Gasteiger partial charge in [-0.05, 0) is 6.92 Å². The molecule has 0 spiro atoms. The molecule has 0 saturated carbocycles. The van der Waals surface area contributed by atoms with Gasteiger partial charge in [0.1, 0.15) is 11.5 Å². The van der Waals surface area contributed by atoms with E-state index in [0.29, 0.717) is 0 Å². The van der Waals surface area contributed by atoms with Gasteiger partial charge in [-0.15, -0.1) is 3.96 Å². The molecular formula is C6H10NS+. The summed E-state index contributed by atoms with van der Waals surface area (Å²) in [6.45, 7) is 4.26. The van der Waals surface area contributed by atoms with Crippen LogP contribution in [0.2, 0.25) is 0 Å². The maximum Gasteiger partial charge on any atom is 0.195 e. The topological polar surface area (TPSA) is 3.88 Å². The number of aromatic nitrogens is 1. The predicted molar refractivity (Wildman–Crippen MR) is 35.0 cm³/mol. The fourth-order valence-electron chi connectivity index (χ4n) is 0.571. The van der Waals surface area contributed by atoms with Gasteiger partial charge in [0.25, 0.3) is 0 Å². The Morgan fingerprint density at radius 3 is 2.25 bits per heavy atom. The molecule has 0 bridgehead atoms. The first kappa shape index (κ1) is 5.76. The van der Waals surface area contributed by atoms with Crippen molar-refractivity contribution in [1.29, 1.82) is 0 Å². The third-order valence-corrected chi connectivity index (χ3v) is 2.48. The zero-order valence-electron chi connectivity index (χ0n) is 5.43. The minimum Gasteiger partial charge on any atom is -0.141 e. The molecule has 0 aliphatic rings. The lowest BCUT2D eigenvalue weighted by Crippen LogP contribution is -2.24. The molecule has 0 N–H and O–H groups in total. The largest absolute Gasteiger partial charge is 0.195 e. The van der Waals surface area contributed by atoms with Gasteiger partial charge in [0, 0.05) is 12.5 Å². The number of hydrogen-bond donors (Lipinski definition) is 0. The molecule has 0 aromatic carbocycles. The molecule has 8 heavy (non-hydrogen) atoms. The zero-order valence-corrected chi connectivity index (χ0v) is 6.25. The monoisotopic (exact) mass is 128 g/mol. The molecule has 2 heteroatoms. The van der Waals surface area contributed by atoms with Gasteiger partial charge in [0.15, 0.2) is 12.7 Å². The maximum absolute atomic E-state index is 2.16. The molecule has 0 unspecified atom stereocenters. The fourth-order valence-corrected chi connectivity index (χ4v) is 1.36. The van der Waals surface area contributed by atoms with E-state index in [2.05, 4.69) is 30.2 Å². The SMILES string of the molecule is Cc1cs[n+](C)c1C. The van der Waals surface area contributed by atoms with Gasteiger partial charge in [-0.1, -0.05) is 0 Å². The lowest BCUT2D eigenvalue weighted by molar-refractivity contribution is -0.607. The Labute approximate surface area is 53.7 Å². The first-order valence-corrected chi connectivity index (χ1v) is 3.46. The predicted octanol–water partition coefficient (Wildman–Crippen LogP) is 1.19. The fraction of sp³-hybridized carbons (Fsp3) is 0.500. The van der Waals surface area contributed by atoms with Crippen LogP contribution in [0.3, 0.4) is 0 Å². The van der Waals surface area contributed by atoms with E-state index in [1.165, 1.54) is 11.3 Å². The highest BCUT2D eigenvalue weighted by molar-refractivity contribution is 6.99. The molecule has 0 radical (unpaired) electrons. The van der Waals surface area contributed by atoms with Crippen LogP contribution in [0.4, 0.5) is 0 Å². The van der Waals surface area contributed by atoms with Gasteiger partial charge in [-0.2, -0.15) is 0 Å². The van der Waals surface area contributed by atoms with Gasteiger partial charge < -0.3 is 0 Å². The third-order valence-electron chi connectivity index (χ3n) is 1.43. The van der Waals surface area contributed by atoms with E-state index in [0.717, 1.165) is 0 Å². The smallest absolute Gasteiger partial charge is 0.141 e. The van der Waals surface area contributed by atoms with Crippen molar-refractivity contribution in [3.05, 3.63) is 16.6 Å². The van der Waals surface area contributed by atoms with Gasteiger partial charge in [0.05, 0.1) is 5.38 Å². The Kier molecular flexibility index (Phi) is 1.34. The minimum atomic E-state index is 1.37. The molecule has 0 aliphatic heterocycles. The molecule has 0 amide bonds. The second-order valence-corrected chi connectivity index (χ2v) is 2.98. The van der Waals surface area contributed by atoms with Crippen LogP contribution >= 0.6 is 11.5 Å². The van der Waals surface area contributed by atoms with Crippen molar-refractivity contribution in [3.8, 4) is 0 Å². The molecular weight excluding hydrogens is 118 g/mol. The Balaban J connectivity index is 3.19. The normalized spacial score (nSPS) is 9.88. The van der Waals surface area contributed by atoms with Crippen molar-refractivity contribution in [1.82, 2.24) is 0 Å². The molecule has 1 aromatic heterocycles. The Morgan fingerprint density at radius 1 is 1.50 bits per heavy atom. The summed E-state index contributed by atoms with van der Waals surface area (Å²) in [4.78, 5) is 0. The summed E-state index contributed by atoms with van der Waals surface area (Å²) in [5.74, 6) is 0. The highest BCUT2D eigenvalue weighted by atomic mass is 32.1. The van der Waals surface area contributed by atoms with Gasteiger partial charge in [-0.25, -0.2) is 0 Å². The van der Waals surface area contributed by atoms with Crippen molar-refractivity contribution in [2.45, 2.75) is 13.8 Å². The average molecular weight is 128 g/mol. The molecule has 0 aliphatic carbocycles. The molecule has 1 nitrogen and oxygen atoms in total. The first-order chi connectivity index (χ1) is 3.72. The Bertz CT molecular complexity index is 171. The molecule has 0 fully saturated rings. The second-order valence-electron chi connectivity index (χ2n) is 1.99. The number of aryl methyl sites for hydroxylation is 2. The summed E-state index contributed by atoms with van der Waals surface area (Å²) in [5.41, 5.74) is 2.76. The minimum absolute atomic E-state index is 1.37. The van der Waals surface area contributed by atoms with Crippen LogP contribution in [0.25, 0.3) is 0 Å². The lowest BCUT2D eigenvalue weighted by atomic mass is 10.3. The summed E-state index contributed by atoms with van der Waals surface area (Å²) in [6, 6.07) is 0. The summed E-state index contributed by atoms with van der Waals surface area (Å²) >= 11 is 1.75. The summed E-state index contributed by atoms with van der Waals surface area (Å²) in [6.07, 6.45) is 0. The van der Waals surface area contributed by atoms with Crippen molar-refractivity contribution in [2.75, 3.05) is 0 Å². The molecule has 1 rings (SSSR count). The Morgan fingerprint density at radius 2 is 2.12 bits per heavy atom. The molecule has 1 heterocycles. The quantitative estimate of drug-likeness (QED) is 0.462. The van der Waals surface area contributed by atoms with Crippen molar-refractivity contribution < 1.29 is 3.96 Å². The number of hydrogen-bond acceptors (Lipinski definition) is 1. The average Bonchev–Trinajstić information content (AvgIpc) is 1.98. The van der Waals surface area contributed by atoms with Crippen LogP contribution in [0.1, 0.15) is 11.3 Å². The summed E-state index contributed by atoms with van der Waals surface area (Å²) in [7, 11) is 2.08. The van der Waals surface area contributed by atoms with Gasteiger partial charge in [-0.3, -0.25) is 0 Å². The van der Waals surface area contributed by atoms with E-state index >= 15 is 0 Å². The van der Waals surface area contributed by atoms with Gasteiger partial charge >= 0.3 is 0 Å². The van der Waals surface area contributed by atoms with Crippen LogP contribution < -0.4 is 3.96 Å². The van der Waals surface area contributed by atoms with Crippen LogP contribution in [-0.2, 0) is 7.05 Å². The highest BCUT2D eigenvalue weighted by Crippen LogP contribution is 2.02. The van der Waals surface area contributed by atoms with E-state index < -0.39 is 0 Å². The summed E-state index contributed by atoms with van der Waals surface area (Å²) in [5, 5.41) is 2.16. The standard InChI is InChI=1S/C6H10NS/c1-5-4-8-7(3)6(5)2/h4H,1-3H3/q+1. The van der Waals surface area contributed by atoms with Crippen molar-refractivity contribution in [3.63, 3.8) is 0 Å². The van der Waals surface area contributed by atoms with E-state index in [1.54, 1.807) is 11.5 Å². The molecule has 0 atom stereocenters. The van der Waals surface area contributed by atoms with E-state index in [1.807, 2.05) is 0 Å². The second kappa shape index (κ2) is 1.86. The third kappa shape index (κ3) is 0.757. The van der Waals surface area contributed by atoms with Crippen LogP contribution in [0.15, 0.2) is 5.38 Å². The van der Waals surface area contributed by atoms with E-state index in [9.17, 15) is 0 Å².